The van der Waals surface area contributed by atoms with Gasteiger partial charge < -0.3 is 9.67 Å². The van der Waals surface area contributed by atoms with Gasteiger partial charge >= 0.3 is 5.69 Å². The van der Waals surface area contributed by atoms with E-state index in [0.29, 0.717) is 18.6 Å². The molecule has 7 nitrogen and oxygen atoms in total. The molecule has 0 bridgehead atoms. The van der Waals surface area contributed by atoms with Crippen molar-refractivity contribution in [3.8, 4) is 0 Å². The van der Waals surface area contributed by atoms with Gasteiger partial charge in [-0.2, -0.15) is 0 Å². The van der Waals surface area contributed by atoms with Gasteiger partial charge in [0.15, 0.2) is 5.52 Å². The summed E-state index contributed by atoms with van der Waals surface area (Å²) in [5.74, 6) is 0. The van der Waals surface area contributed by atoms with Gasteiger partial charge in [0.05, 0.1) is 6.33 Å². The molecule has 0 fully saturated rings. The average molecular weight is 224 g/mol. The summed E-state index contributed by atoms with van der Waals surface area (Å²) < 4.78 is 2.63. The summed E-state index contributed by atoms with van der Waals surface area (Å²) in [5.41, 5.74) is -0.244. The molecule has 86 valence electrons. The zero-order chi connectivity index (χ0) is 11.7. The number of rotatable bonds is 3. The Balaban J connectivity index is 2.65. The monoisotopic (exact) mass is 224 g/mol. The normalized spacial score (nSPS) is 11.1. The van der Waals surface area contributed by atoms with Crippen LogP contribution < -0.4 is 11.2 Å². The number of hydrogen-bond acceptors (Lipinski definition) is 4. The lowest BCUT2D eigenvalue weighted by atomic mass is 10.4. The summed E-state index contributed by atoms with van der Waals surface area (Å²) in [4.78, 5) is 29.6. The fourth-order valence-electron chi connectivity index (χ4n) is 1.52. The molecule has 0 saturated carbocycles. The smallest absolute Gasteiger partial charge is 0.329 e. The first-order valence-electron chi connectivity index (χ1n) is 4.90. The van der Waals surface area contributed by atoms with Gasteiger partial charge in [-0.05, 0) is 6.42 Å². The Kier molecular flexibility index (Phi) is 2.61. The highest BCUT2D eigenvalue weighted by Gasteiger charge is 2.09. The molecule has 0 radical (unpaired) electrons. The van der Waals surface area contributed by atoms with E-state index in [0.717, 1.165) is 4.57 Å². The van der Waals surface area contributed by atoms with Gasteiger partial charge in [-0.3, -0.25) is 14.3 Å². The van der Waals surface area contributed by atoms with Gasteiger partial charge in [-0.1, -0.05) is 0 Å². The summed E-state index contributed by atoms with van der Waals surface area (Å²) in [6.07, 6.45) is 2.03. The molecule has 2 rings (SSSR count). The first-order chi connectivity index (χ1) is 7.65. The van der Waals surface area contributed by atoms with Crippen molar-refractivity contribution in [2.24, 2.45) is 7.05 Å². The van der Waals surface area contributed by atoms with Crippen LogP contribution in [0.5, 0.6) is 0 Å². The number of nitrogens with zero attached hydrogens (tertiary/aromatic N) is 3. The van der Waals surface area contributed by atoms with Gasteiger partial charge in [0.25, 0.3) is 5.56 Å². The lowest BCUT2D eigenvalue weighted by Gasteiger charge is -2.02. The highest BCUT2D eigenvalue weighted by Crippen LogP contribution is 2.03. The van der Waals surface area contributed by atoms with Crippen molar-refractivity contribution in [3.05, 3.63) is 27.2 Å². The quantitative estimate of drug-likeness (QED) is 0.685. The Hall–Kier alpha value is -1.89. The second-order valence-corrected chi connectivity index (χ2v) is 3.51. The van der Waals surface area contributed by atoms with Crippen LogP contribution in [-0.2, 0) is 13.6 Å². The van der Waals surface area contributed by atoms with E-state index in [1.54, 1.807) is 4.57 Å². The molecule has 0 aliphatic carbocycles. The Morgan fingerprint density at radius 3 is 2.94 bits per heavy atom. The van der Waals surface area contributed by atoms with Crippen LogP contribution in [0.4, 0.5) is 0 Å². The van der Waals surface area contributed by atoms with Gasteiger partial charge in [-0.25, -0.2) is 9.78 Å². The molecular formula is C9H12N4O3. The molecule has 2 aromatic rings. The molecule has 0 atom stereocenters. The molecule has 0 unspecified atom stereocenters. The highest BCUT2D eigenvalue weighted by atomic mass is 16.3. The maximum Gasteiger partial charge on any atom is 0.329 e. The molecule has 0 saturated heterocycles. The molecule has 2 aromatic heterocycles. The Labute approximate surface area is 90.0 Å². The predicted molar refractivity (Wildman–Crippen MR) is 57.3 cm³/mol. The number of nitrogens with one attached hydrogen (secondary N) is 1. The van der Waals surface area contributed by atoms with E-state index in [-0.39, 0.29) is 12.1 Å². The number of aromatic nitrogens is 4. The zero-order valence-electron chi connectivity index (χ0n) is 8.80. The van der Waals surface area contributed by atoms with E-state index in [1.165, 1.54) is 13.4 Å². The van der Waals surface area contributed by atoms with E-state index >= 15 is 0 Å². The molecule has 16 heavy (non-hydrogen) atoms. The number of aliphatic hydroxyl groups excluding tert-OH is 1. The van der Waals surface area contributed by atoms with E-state index < -0.39 is 11.2 Å². The molecule has 2 heterocycles. The van der Waals surface area contributed by atoms with Crippen molar-refractivity contribution < 1.29 is 5.11 Å². The van der Waals surface area contributed by atoms with Crippen molar-refractivity contribution in [1.29, 1.82) is 0 Å². The SMILES string of the molecule is Cn1c(=O)[nH]c2c(ncn2CCCO)c1=O. The van der Waals surface area contributed by atoms with Crippen LogP contribution in [0.1, 0.15) is 6.42 Å². The van der Waals surface area contributed by atoms with Crippen LogP contribution in [0.15, 0.2) is 15.9 Å². The van der Waals surface area contributed by atoms with Gasteiger partial charge in [0.1, 0.15) is 5.65 Å². The van der Waals surface area contributed by atoms with Crippen LogP contribution >= 0.6 is 0 Å². The average Bonchev–Trinajstić information content (AvgIpc) is 2.66. The Morgan fingerprint density at radius 1 is 1.50 bits per heavy atom. The highest BCUT2D eigenvalue weighted by molar-refractivity contribution is 5.68. The number of aromatic amines is 1. The lowest BCUT2D eigenvalue weighted by Crippen LogP contribution is -2.32. The molecule has 7 heteroatoms. The number of hydrogen-bond donors (Lipinski definition) is 2. The summed E-state index contributed by atoms with van der Waals surface area (Å²) in [7, 11) is 1.40. The lowest BCUT2D eigenvalue weighted by molar-refractivity contribution is 0.280. The van der Waals surface area contributed by atoms with Gasteiger partial charge in [-0.15, -0.1) is 0 Å². The number of H-pyrrole nitrogens is 1. The fraction of sp³-hybridized carbons (Fsp3) is 0.444. The first-order valence-corrected chi connectivity index (χ1v) is 4.90. The third-order valence-corrected chi connectivity index (χ3v) is 2.43. The van der Waals surface area contributed by atoms with Crippen molar-refractivity contribution in [2.45, 2.75) is 13.0 Å². The van der Waals surface area contributed by atoms with Crippen molar-refractivity contribution in [3.63, 3.8) is 0 Å². The number of aliphatic hydroxyl groups is 1. The van der Waals surface area contributed by atoms with Crippen LogP contribution in [0.3, 0.4) is 0 Å². The molecule has 0 aliphatic heterocycles. The second kappa shape index (κ2) is 3.93. The van der Waals surface area contributed by atoms with Crippen LogP contribution in [0.25, 0.3) is 11.2 Å². The van der Waals surface area contributed by atoms with E-state index in [4.69, 9.17) is 5.11 Å². The Morgan fingerprint density at radius 2 is 2.25 bits per heavy atom. The van der Waals surface area contributed by atoms with Crippen LogP contribution in [0, 0.1) is 0 Å². The maximum absolute atomic E-state index is 11.7. The molecule has 0 aromatic carbocycles. The molecule has 2 N–H and O–H groups in total. The minimum atomic E-state index is -0.469. The van der Waals surface area contributed by atoms with Crippen LogP contribution in [0.2, 0.25) is 0 Å². The minimum absolute atomic E-state index is 0.0503. The standard InChI is InChI=1S/C9H12N4O3/c1-12-8(15)6-7(11-9(12)16)13(5-10-6)3-2-4-14/h5,14H,2-4H2,1H3,(H,11,16). The summed E-state index contributed by atoms with van der Waals surface area (Å²) in [6, 6.07) is 0. The summed E-state index contributed by atoms with van der Waals surface area (Å²) in [6.45, 7) is 0.560. The largest absolute Gasteiger partial charge is 0.396 e. The van der Waals surface area contributed by atoms with Gasteiger partial charge in [0, 0.05) is 20.2 Å². The van der Waals surface area contributed by atoms with Crippen molar-refractivity contribution in [2.75, 3.05) is 6.61 Å². The van der Waals surface area contributed by atoms with Crippen molar-refractivity contribution >= 4 is 11.2 Å². The van der Waals surface area contributed by atoms with Crippen LogP contribution in [-0.4, -0.2) is 30.8 Å². The first kappa shape index (κ1) is 10.6. The summed E-state index contributed by atoms with van der Waals surface area (Å²) in [5, 5.41) is 8.72. The van der Waals surface area contributed by atoms with Gasteiger partial charge in [0.2, 0.25) is 0 Å². The second-order valence-electron chi connectivity index (χ2n) is 3.51. The Bertz CT molecular complexity index is 622. The number of imidazole rings is 1. The van der Waals surface area contributed by atoms with E-state index in [9.17, 15) is 9.59 Å². The molecule has 0 aliphatic rings. The molecular weight excluding hydrogens is 212 g/mol. The maximum atomic E-state index is 11.7. The molecule has 0 spiro atoms. The summed E-state index contributed by atoms with van der Waals surface area (Å²) >= 11 is 0. The molecule has 0 amide bonds. The van der Waals surface area contributed by atoms with E-state index in [1.807, 2.05) is 0 Å². The van der Waals surface area contributed by atoms with E-state index in [2.05, 4.69) is 9.97 Å². The number of aryl methyl sites for hydroxylation is 1. The number of fused-ring (bicyclic) bond motifs is 1. The van der Waals surface area contributed by atoms with Crippen molar-refractivity contribution in [1.82, 2.24) is 19.1 Å². The topological polar surface area (TPSA) is 92.9 Å². The third-order valence-electron chi connectivity index (χ3n) is 2.43. The predicted octanol–water partition coefficient (Wildman–Crippen LogP) is -1.19. The fourth-order valence-corrected chi connectivity index (χ4v) is 1.52. The third kappa shape index (κ3) is 1.54. The minimum Gasteiger partial charge on any atom is -0.396 e. The zero-order valence-corrected chi connectivity index (χ0v) is 8.80.